The van der Waals surface area contributed by atoms with E-state index in [-0.39, 0.29) is 27.8 Å². The van der Waals surface area contributed by atoms with E-state index >= 15 is 0 Å². The summed E-state index contributed by atoms with van der Waals surface area (Å²) in [6.45, 7) is 0. The molecule has 15 nitrogen and oxygen atoms in total. The van der Waals surface area contributed by atoms with Crippen LogP contribution in [0.3, 0.4) is 0 Å². The van der Waals surface area contributed by atoms with Crippen LogP contribution in [0.25, 0.3) is 71.3 Å². The summed E-state index contributed by atoms with van der Waals surface area (Å²) in [5.41, 5.74) is -0.866. The van der Waals surface area contributed by atoms with E-state index in [4.69, 9.17) is 4.42 Å². The number of furan rings is 1. The van der Waals surface area contributed by atoms with Crippen molar-refractivity contribution in [1.82, 2.24) is 0 Å². The van der Waals surface area contributed by atoms with Gasteiger partial charge in [-0.3, -0.25) is 0 Å². The molecule has 0 radical (unpaired) electrons. The van der Waals surface area contributed by atoms with Crippen LogP contribution in [-0.4, -0.2) is 77.6 Å². The molecule has 0 amide bonds. The van der Waals surface area contributed by atoms with E-state index in [1.807, 2.05) is 0 Å². The van der Waals surface area contributed by atoms with Crippen molar-refractivity contribution in [3.05, 3.63) is 95.4 Å². The average molecular weight is 785 g/mol. The lowest BCUT2D eigenvalue weighted by Gasteiger charge is -2.27. The molecule has 0 saturated heterocycles. The fourth-order valence-corrected chi connectivity index (χ4v) is 9.13. The van der Waals surface area contributed by atoms with Gasteiger partial charge in [0.25, 0.3) is 0 Å². The molecule has 7 aromatic carbocycles. The smallest absolute Gasteiger partial charge is 0.208 e. The number of aromatic hydroxyl groups is 11. The fourth-order valence-electron chi connectivity index (χ4n) is 9.13. The van der Waals surface area contributed by atoms with Gasteiger partial charge in [-0.25, -0.2) is 0 Å². The minimum absolute atomic E-state index is 0.0181. The molecule has 0 aliphatic heterocycles. The van der Waals surface area contributed by atoms with E-state index in [0.717, 1.165) is 0 Å². The number of hydrogen-bond donors (Lipinski definition) is 14. The van der Waals surface area contributed by atoms with E-state index < -0.39 is 109 Å². The quantitative estimate of drug-likeness (QED) is 0.0479. The number of aliphatic hydroxyl groups excluding tert-OH is 3. The second-order valence-electron chi connectivity index (χ2n) is 14.4. The van der Waals surface area contributed by atoms with Gasteiger partial charge in [0.1, 0.15) is 5.75 Å². The molecule has 10 rings (SSSR count). The molecule has 3 unspecified atom stereocenters. The van der Waals surface area contributed by atoms with Gasteiger partial charge in [0, 0.05) is 11.5 Å². The summed E-state index contributed by atoms with van der Waals surface area (Å²) in [7, 11) is 0. The zero-order valence-corrected chi connectivity index (χ0v) is 29.3. The summed E-state index contributed by atoms with van der Waals surface area (Å²) in [6.07, 6.45) is -1.45. The number of phenolic OH excluding ortho intramolecular Hbond substituents is 11. The van der Waals surface area contributed by atoms with Gasteiger partial charge in [0.2, 0.25) is 28.7 Å². The Morgan fingerprint density at radius 3 is 1.40 bits per heavy atom. The third kappa shape index (κ3) is 3.84. The first-order chi connectivity index (χ1) is 27.7. The molecule has 1 fully saturated rings. The number of hydrogen-bond acceptors (Lipinski definition) is 15. The van der Waals surface area contributed by atoms with Crippen molar-refractivity contribution in [2.45, 2.75) is 17.4 Å². The fraction of sp³-hybridized carbons (Fsp3) is 0.0698. The number of fused-ring (bicyclic) bond motifs is 8. The van der Waals surface area contributed by atoms with Crippen molar-refractivity contribution in [3.63, 3.8) is 0 Å². The van der Waals surface area contributed by atoms with Crippen LogP contribution < -0.4 is 0 Å². The zero-order valence-electron chi connectivity index (χ0n) is 29.3. The van der Waals surface area contributed by atoms with Gasteiger partial charge in [-0.15, -0.1) is 0 Å². The van der Waals surface area contributed by atoms with Crippen molar-refractivity contribution in [3.8, 4) is 85.5 Å². The highest BCUT2D eigenvalue weighted by Gasteiger charge is 2.74. The van der Waals surface area contributed by atoms with Crippen molar-refractivity contribution >= 4 is 49.0 Å². The van der Waals surface area contributed by atoms with E-state index in [2.05, 4.69) is 0 Å². The molecule has 14 N–H and O–H groups in total. The molecule has 1 aromatic heterocycles. The number of rotatable bonds is 3. The Hall–Kier alpha value is -8.04. The Labute approximate surface area is 322 Å². The minimum Gasteiger partial charge on any atom is -0.507 e. The topological polar surface area (TPSA) is 296 Å². The van der Waals surface area contributed by atoms with Crippen LogP contribution in [0, 0.1) is 0 Å². The summed E-state index contributed by atoms with van der Waals surface area (Å²) in [6, 6.07) is 20.4. The Balaban J connectivity index is 1.20. The minimum atomic E-state index is -1.75. The number of phenols is 11. The lowest BCUT2D eigenvalue weighted by molar-refractivity contribution is 0.229. The lowest BCUT2D eigenvalue weighted by atomic mass is 9.77. The Morgan fingerprint density at radius 2 is 0.862 bits per heavy atom. The average Bonchev–Trinajstić information content (AvgIpc) is 3.63. The van der Waals surface area contributed by atoms with Crippen LogP contribution in [-0.2, 0) is 5.41 Å². The standard InChI is InChI=1S/C43H28O15/c44-27-20(28(45)29(46)23-22(27)30(47)33(50)34(51)31(23)48)14-11-9-13(10-12-14)19-15-5-1-3-7-17(15)25(18-8-4-2-6-16(18)19)43-26(41(43)56)21-24-32(49)35(52)36(53)37(54)40(24)58-39(21)38(55)42(43)57/h1-12,26,41,44-57H. The van der Waals surface area contributed by atoms with Crippen LogP contribution in [0.5, 0.6) is 63.2 Å². The molecule has 1 heterocycles. The molecule has 2 aliphatic carbocycles. The highest BCUT2D eigenvalue weighted by molar-refractivity contribution is 6.17. The maximum absolute atomic E-state index is 11.9. The van der Waals surface area contributed by atoms with E-state index in [9.17, 15) is 71.5 Å². The van der Waals surface area contributed by atoms with Gasteiger partial charge in [-0.1, -0.05) is 72.8 Å². The molecular weight excluding hydrogens is 756 g/mol. The Morgan fingerprint density at radius 1 is 0.431 bits per heavy atom. The lowest BCUT2D eigenvalue weighted by Crippen LogP contribution is -2.22. The summed E-state index contributed by atoms with van der Waals surface area (Å²) in [5.74, 6) is -14.1. The first-order valence-corrected chi connectivity index (χ1v) is 17.5. The summed E-state index contributed by atoms with van der Waals surface area (Å²) < 4.78 is 5.65. The van der Waals surface area contributed by atoms with Gasteiger partial charge < -0.3 is 75.9 Å². The van der Waals surface area contributed by atoms with Crippen LogP contribution >= 0.6 is 0 Å². The van der Waals surface area contributed by atoms with Crippen LogP contribution in [0.1, 0.15) is 22.8 Å². The maximum Gasteiger partial charge on any atom is 0.208 e. The van der Waals surface area contributed by atoms with Crippen molar-refractivity contribution in [1.29, 1.82) is 0 Å². The normalized spacial score (nSPS) is 18.6. The van der Waals surface area contributed by atoms with Gasteiger partial charge >= 0.3 is 0 Å². The third-order valence-corrected chi connectivity index (χ3v) is 11.8. The van der Waals surface area contributed by atoms with Crippen molar-refractivity contribution in [2.75, 3.05) is 0 Å². The molecule has 290 valence electrons. The van der Waals surface area contributed by atoms with E-state index in [1.165, 1.54) is 12.1 Å². The predicted octanol–water partition coefficient (Wildman–Crippen LogP) is 7.18. The van der Waals surface area contributed by atoms with Gasteiger partial charge in [0.05, 0.1) is 33.2 Å². The van der Waals surface area contributed by atoms with Crippen molar-refractivity contribution < 1.29 is 75.9 Å². The molecule has 0 spiro atoms. The Bertz CT molecular complexity index is 3180. The number of benzene rings is 7. The molecule has 8 aromatic rings. The first kappa shape index (κ1) is 34.5. The molecule has 15 heteroatoms. The summed E-state index contributed by atoms with van der Waals surface area (Å²) in [4.78, 5) is 0. The molecular formula is C43H28O15. The summed E-state index contributed by atoms with van der Waals surface area (Å²) in [5, 5.41) is 152. The van der Waals surface area contributed by atoms with Crippen molar-refractivity contribution in [2.24, 2.45) is 0 Å². The van der Waals surface area contributed by atoms with E-state index in [0.29, 0.717) is 38.2 Å². The maximum atomic E-state index is 11.9. The van der Waals surface area contributed by atoms with Gasteiger partial charge in [-0.05, 0) is 43.8 Å². The highest BCUT2D eigenvalue weighted by atomic mass is 16.4. The van der Waals surface area contributed by atoms with Gasteiger partial charge in [-0.2, -0.15) is 0 Å². The predicted molar refractivity (Wildman–Crippen MR) is 207 cm³/mol. The first-order valence-electron chi connectivity index (χ1n) is 17.5. The number of aliphatic hydroxyl groups is 3. The zero-order chi connectivity index (χ0) is 41.0. The highest BCUT2D eigenvalue weighted by Crippen LogP contribution is 2.72. The van der Waals surface area contributed by atoms with E-state index in [1.54, 1.807) is 60.7 Å². The molecule has 3 atom stereocenters. The van der Waals surface area contributed by atoms with Crippen LogP contribution in [0.15, 0.2) is 83.0 Å². The second kappa shape index (κ2) is 11.0. The van der Waals surface area contributed by atoms with Gasteiger partial charge in [0.15, 0.2) is 51.6 Å². The molecule has 1 saturated carbocycles. The monoisotopic (exact) mass is 784 g/mol. The largest absolute Gasteiger partial charge is 0.507 e. The Kier molecular flexibility index (Phi) is 6.56. The second-order valence-corrected chi connectivity index (χ2v) is 14.4. The molecule has 2 aliphatic rings. The third-order valence-electron chi connectivity index (χ3n) is 11.8. The summed E-state index contributed by atoms with van der Waals surface area (Å²) >= 11 is 0. The molecule has 58 heavy (non-hydrogen) atoms. The SMILES string of the molecule is OC1=C(O)C2(c3c4ccccc4c(-c4ccc(-c5c(O)c(O)c6c(O)c(O)c(O)c(O)c6c5O)cc4)c4ccccc34)C(O)C2c2c1oc1c(O)c(O)c(O)c(O)c21. The van der Waals surface area contributed by atoms with Crippen LogP contribution in [0.2, 0.25) is 0 Å². The molecule has 0 bridgehead atoms. The van der Waals surface area contributed by atoms with Crippen LogP contribution in [0.4, 0.5) is 0 Å².